The molecule has 1 rings (SSSR count). The minimum atomic E-state index is 0.0339. The first-order valence-corrected chi connectivity index (χ1v) is 7.94. The summed E-state index contributed by atoms with van der Waals surface area (Å²) in [5.74, 6) is 2.29. The monoisotopic (exact) mass is 258 g/mol. The van der Waals surface area contributed by atoms with Crippen LogP contribution in [0.1, 0.15) is 46.0 Å². The van der Waals surface area contributed by atoms with E-state index in [0.29, 0.717) is 0 Å². The van der Waals surface area contributed by atoms with Crippen molar-refractivity contribution in [3.05, 3.63) is 0 Å². The second kappa shape index (κ2) is 7.98. The molecule has 1 saturated carbocycles. The molecule has 0 saturated heterocycles. The number of nitrogens with two attached hydrogens (primary N) is 1. The molecule has 1 amide bonds. The lowest BCUT2D eigenvalue weighted by Crippen LogP contribution is -2.45. The summed E-state index contributed by atoms with van der Waals surface area (Å²) in [6.45, 7) is 4.21. The number of nitrogens with one attached hydrogen (secondary N) is 1. The third kappa shape index (κ3) is 5.30. The molecule has 0 radical (unpaired) electrons. The Labute approximate surface area is 109 Å². The van der Waals surface area contributed by atoms with Crippen LogP contribution in [-0.2, 0) is 4.79 Å². The molecule has 0 aromatic rings. The second-order valence-corrected chi connectivity index (χ2v) is 6.30. The van der Waals surface area contributed by atoms with E-state index < -0.39 is 0 Å². The first kappa shape index (κ1) is 14.8. The number of rotatable bonds is 5. The Morgan fingerprint density at radius 1 is 1.41 bits per heavy atom. The maximum atomic E-state index is 12.1. The Balaban J connectivity index is 2.39. The Hall–Kier alpha value is -0.220. The molecule has 1 aliphatic carbocycles. The van der Waals surface area contributed by atoms with E-state index in [9.17, 15) is 4.79 Å². The van der Waals surface area contributed by atoms with Crippen LogP contribution >= 0.6 is 11.8 Å². The van der Waals surface area contributed by atoms with Crippen molar-refractivity contribution in [3.63, 3.8) is 0 Å². The fraction of sp³-hybridized carbons (Fsp3) is 0.923. The van der Waals surface area contributed by atoms with Crippen LogP contribution < -0.4 is 11.1 Å². The lowest BCUT2D eigenvalue weighted by molar-refractivity contribution is -0.126. The molecule has 3 N–H and O–H groups in total. The quantitative estimate of drug-likeness (QED) is 0.743. The van der Waals surface area contributed by atoms with Gasteiger partial charge in [-0.1, -0.05) is 26.2 Å². The third-order valence-corrected chi connectivity index (χ3v) is 4.51. The van der Waals surface area contributed by atoms with Gasteiger partial charge in [0.1, 0.15) is 0 Å². The molecule has 1 aliphatic rings. The van der Waals surface area contributed by atoms with E-state index in [4.69, 9.17) is 5.73 Å². The van der Waals surface area contributed by atoms with Crippen LogP contribution in [0, 0.1) is 5.92 Å². The molecule has 0 heterocycles. The van der Waals surface area contributed by atoms with Crippen LogP contribution in [-0.4, -0.2) is 29.5 Å². The Bertz CT molecular complexity index is 235. The van der Waals surface area contributed by atoms with Crippen LogP contribution in [0.2, 0.25) is 0 Å². The molecule has 100 valence electrons. The summed E-state index contributed by atoms with van der Waals surface area (Å²) in [6, 6.07) is 0.312. The van der Waals surface area contributed by atoms with Crippen molar-refractivity contribution in [2.45, 2.75) is 58.0 Å². The largest absolute Gasteiger partial charge is 0.353 e. The highest BCUT2D eigenvalue weighted by Crippen LogP contribution is 2.22. The number of carbonyl (C=O) groups is 1. The fourth-order valence-electron chi connectivity index (χ4n) is 2.35. The highest BCUT2D eigenvalue weighted by Gasteiger charge is 2.27. The molecule has 3 nitrogen and oxygen atoms in total. The minimum absolute atomic E-state index is 0.0339. The Kier molecular flexibility index (Phi) is 6.97. The lowest BCUT2D eigenvalue weighted by atomic mass is 9.94. The highest BCUT2D eigenvalue weighted by atomic mass is 32.2. The van der Waals surface area contributed by atoms with Gasteiger partial charge < -0.3 is 11.1 Å². The summed E-state index contributed by atoms with van der Waals surface area (Å²) in [5.41, 5.74) is 6.09. The zero-order chi connectivity index (χ0) is 12.7. The predicted molar refractivity (Wildman–Crippen MR) is 75.2 cm³/mol. The van der Waals surface area contributed by atoms with Gasteiger partial charge in [0.2, 0.25) is 5.91 Å². The molecular weight excluding hydrogens is 232 g/mol. The van der Waals surface area contributed by atoms with Gasteiger partial charge in [-0.3, -0.25) is 4.79 Å². The molecular formula is C13H26N2OS. The normalized spacial score (nSPS) is 27.2. The number of hydrogen-bond donors (Lipinski definition) is 2. The van der Waals surface area contributed by atoms with Gasteiger partial charge in [0, 0.05) is 17.8 Å². The summed E-state index contributed by atoms with van der Waals surface area (Å²) in [7, 11) is 0. The molecule has 3 unspecified atom stereocenters. The standard InChI is InChI=1S/C13H26N2OS/c1-3-17-9-10(2)15-13(16)11-7-5-4-6-8-12(11)14/h10-12H,3-9,14H2,1-2H3,(H,15,16). The average Bonchev–Trinajstić information content (AvgIpc) is 2.51. The summed E-state index contributed by atoms with van der Waals surface area (Å²) >= 11 is 1.86. The maximum Gasteiger partial charge on any atom is 0.224 e. The average molecular weight is 258 g/mol. The van der Waals surface area contributed by atoms with Gasteiger partial charge >= 0.3 is 0 Å². The summed E-state index contributed by atoms with van der Waals surface area (Å²) in [4.78, 5) is 12.1. The Morgan fingerprint density at radius 2 is 2.12 bits per heavy atom. The van der Waals surface area contributed by atoms with Crippen LogP contribution in [0.5, 0.6) is 0 Å². The van der Waals surface area contributed by atoms with Gasteiger partial charge in [-0.15, -0.1) is 0 Å². The molecule has 3 atom stereocenters. The molecule has 0 aromatic heterocycles. The highest BCUT2D eigenvalue weighted by molar-refractivity contribution is 7.99. The van der Waals surface area contributed by atoms with E-state index >= 15 is 0 Å². The first-order chi connectivity index (χ1) is 8.15. The number of carbonyl (C=O) groups excluding carboxylic acids is 1. The number of amides is 1. The lowest BCUT2D eigenvalue weighted by Gasteiger charge is -2.23. The maximum absolute atomic E-state index is 12.1. The van der Waals surface area contributed by atoms with E-state index in [0.717, 1.165) is 30.8 Å². The van der Waals surface area contributed by atoms with Gasteiger partial charge in [0.05, 0.1) is 5.92 Å². The van der Waals surface area contributed by atoms with Crippen LogP contribution in [0.25, 0.3) is 0 Å². The fourth-order valence-corrected chi connectivity index (χ4v) is 3.02. The van der Waals surface area contributed by atoms with E-state index in [1.54, 1.807) is 0 Å². The smallest absolute Gasteiger partial charge is 0.224 e. The van der Waals surface area contributed by atoms with E-state index in [-0.39, 0.29) is 23.9 Å². The van der Waals surface area contributed by atoms with Crippen molar-refractivity contribution in [3.8, 4) is 0 Å². The summed E-state index contributed by atoms with van der Waals surface area (Å²) in [6.07, 6.45) is 5.49. The van der Waals surface area contributed by atoms with Crippen molar-refractivity contribution in [2.24, 2.45) is 11.7 Å². The van der Waals surface area contributed by atoms with E-state index in [2.05, 4.69) is 19.2 Å². The first-order valence-electron chi connectivity index (χ1n) is 6.78. The second-order valence-electron chi connectivity index (χ2n) is 4.98. The summed E-state index contributed by atoms with van der Waals surface area (Å²) < 4.78 is 0. The van der Waals surface area contributed by atoms with Crippen molar-refractivity contribution in [2.75, 3.05) is 11.5 Å². The van der Waals surface area contributed by atoms with Gasteiger partial charge in [0.25, 0.3) is 0 Å². The number of thioether (sulfide) groups is 1. The van der Waals surface area contributed by atoms with E-state index in [1.165, 1.54) is 12.8 Å². The van der Waals surface area contributed by atoms with Gasteiger partial charge in [-0.05, 0) is 25.5 Å². The molecule has 0 bridgehead atoms. The van der Waals surface area contributed by atoms with Crippen LogP contribution in [0.15, 0.2) is 0 Å². The molecule has 0 aromatic carbocycles. The van der Waals surface area contributed by atoms with Crippen molar-refractivity contribution >= 4 is 17.7 Å². The van der Waals surface area contributed by atoms with Gasteiger partial charge in [-0.25, -0.2) is 0 Å². The number of hydrogen-bond acceptors (Lipinski definition) is 3. The van der Waals surface area contributed by atoms with Crippen molar-refractivity contribution < 1.29 is 4.79 Å². The molecule has 0 spiro atoms. The molecule has 1 fully saturated rings. The third-order valence-electron chi connectivity index (χ3n) is 3.37. The molecule has 17 heavy (non-hydrogen) atoms. The van der Waals surface area contributed by atoms with Crippen molar-refractivity contribution in [1.82, 2.24) is 5.32 Å². The van der Waals surface area contributed by atoms with Crippen LogP contribution in [0.4, 0.5) is 0 Å². The van der Waals surface area contributed by atoms with Crippen molar-refractivity contribution in [1.29, 1.82) is 0 Å². The zero-order valence-electron chi connectivity index (χ0n) is 11.1. The molecule has 4 heteroatoms. The minimum Gasteiger partial charge on any atom is -0.353 e. The predicted octanol–water partition coefficient (Wildman–Crippen LogP) is 2.15. The van der Waals surface area contributed by atoms with Crippen LogP contribution in [0.3, 0.4) is 0 Å². The summed E-state index contributed by atoms with van der Waals surface area (Å²) in [5, 5.41) is 3.10. The zero-order valence-corrected chi connectivity index (χ0v) is 11.9. The SMILES string of the molecule is CCSCC(C)NC(=O)C1CCCCCC1N. The topological polar surface area (TPSA) is 55.1 Å². The van der Waals surface area contributed by atoms with E-state index in [1.807, 2.05) is 11.8 Å². The molecule has 0 aliphatic heterocycles. The van der Waals surface area contributed by atoms with Gasteiger partial charge in [0.15, 0.2) is 0 Å². The Morgan fingerprint density at radius 3 is 2.82 bits per heavy atom. The van der Waals surface area contributed by atoms with Gasteiger partial charge in [-0.2, -0.15) is 11.8 Å².